The third-order valence-corrected chi connectivity index (χ3v) is 14.5. The predicted molar refractivity (Wildman–Crippen MR) is 259 cm³/mol. The Morgan fingerprint density at radius 3 is 1.69 bits per heavy atom. The normalized spacial score (nSPS) is 22.1. The van der Waals surface area contributed by atoms with E-state index >= 15 is 0 Å². The molecule has 0 bridgehead atoms. The number of rotatable bonds is 32. The molecule has 2 fully saturated rings. The molecular formula is C56H84F4O8. The van der Waals surface area contributed by atoms with Crippen molar-refractivity contribution in [1.29, 1.82) is 0 Å². The number of hydrogen-bond donors (Lipinski definition) is 2. The lowest BCUT2D eigenvalue weighted by Crippen LogP contribution is -2.34. The van der Waals surface area contributed by atoms with Gasteiger partial charge in [0, 0.05) is 44.4 Å². The van der Waals surface area contributed by atoms with E-state index in [1.54, 1.807) is 0 Å². The highest BCUT2D eigenvalue weighted by atomic mass is 19.3. The summed E-state index contributed by atoms with van der Waals surface area (Å²) in [4.78, 5) is 48.3. The fraction of sp³-hybridized carbons (Fsp3) is 0.714. The maximum Gasteiger partial charge on any atom is 0.306 e. The number of halogens is 4. The number of Topliss-reactive ketones (excluding diaryl/α,β-unsaturated/α-hetero) is 2. The van der Waals surface area contributed by atoms with Gasteiger partial charge in [-0.05, 0) is 105 Å². The summed E-state index contributed by atoms with van der Waals surface area (Å²) in [7, 11) is 0. The highest BCUT2D eigenvalue weighted by molar-refractivity contribution is 5.86. The van der Waals surface area contributed by atoms with Crippen molar-refractivity contribution >= 4 is 23.5 Å². The van der Waals surface area contributed by atoms with Crippen molar-refractivity contribution in [3.63, 3.8) is 0 Å². The molecule has 8 nitrogen and oxygen atoms in total. The van der Waals surface area contributed by atoms with Gasteiger partial charge in [0.05, 0.1) is 6.10 Å². The third-order valence-electron chi connectivity index (χ3n) is 14.5. The number of carbonyl (C=O) groups is 4. The molecule has 0 radical (unpaired) electrons. The lowest BCUT2D eigenvalue weighted by atomic mass is 9.81. The average Bonchev–Trinajstić information content (AvgIpc) is 3.76. The van der Waals surface area contributed by atoms with E-state index in [1.807, 2.05) is 81.4 Å². The minimum absolute atomic E-state index is 0.00592. The van der Waals surface area contributed by atoms with Gasteiger partial charge in [-0.25, -0.2) is 8.78 Å². The number of hydrogen-bond acceptors (Lipinski definition) is 8. The van der Waals surface area contributed by atoms with Crippen LogP contribution in [-0.4, -0.2) is 57.8 Å². The molecule has 384 valence electrons. The van der Waals surface area contributed by atoms with E-state index < -0.39 is 29.8 Å². The molecule has 0 heterocycles. The first-order chi connectivity index (χ1) is 32.5. The molecule has 2 aliphatic carbocycles. The van der Waals surface area contributed by atoms with Crippen LogP contribution in [0.5, 0.6) is 0 Å². The Labute approximate surface area is 405 Å². The van der Waals surface area contributed by atoms with Crippen molar-refractivity contribution in [3.05, 3.63) is 71.8 Å². The van der Waals surface area contributed by atoms with Crippen molar-refractivity contribution in [2.75, 3.05) is 0 Å². The molecule has 0 amide bonds. The molecule has 2 N–H and O–H groups in total. The van der Waals surface area contributed by atoms with E-state index in [4.69, 9.17) is 9.47 Å². The zero-order valence-corrected chi connectivity index (χ0v) is 41.6. The molecule has 4 rings (SSSR count). The van der Waals surface area contributed by atoms with Crippen molar-refractivity contribution in [2.24, 2.45) is 35.5 Å². The number of aliphatic hydroxyl groups is 2. The first-order valence-corrected chi connectivity index (χ1v) is 26.1. The fourth-order valence-electron chi connectivity index (χ4n) is 10.2. The number of carbonyl (C=O) groups excluding carboxylic acids is 4. The van der Waals surface area contributed by atoms with Crippen LogP contribution in [0.2, 0.25) is 0 Å². The molecule has 0 aliphatic heterocycles. The molecule has 2 aromatic carbocycles. The number of unbranched alkanes of at least 4 members (excludes halogenated alkanes) is 8. The Morgan fingerprint density at radius 2 is 1.15 bits per heavy atom. The molecule has 0 spiro atoms. The number of ketones is 2. The second kappa shape index (κ2) is 31.6. The van der Waals surface area contributed by atoms with E-state index in [0.29, 0.717) is 70.8 Å². The van der Waals surface area contributed by atoms with E-state index in [1.165, 1.54) is 0 Å². The zero-order valence-electron chi connectivity index (χ0n) is 41.6. The number of alkyl halides is 4. The van der Waals surface area contributed by atoms with Crippen LogP contribution in [-0.2, 0) is 41.9 Å². The van der Waals surface area contributed by atoms with Crippen molar-refractivity contribution < 1.29 is 56.4 Å². The molecule has 8 atom stereocenters. The summed E-state index contributed by atoms with van der Waals surface area (Å²) in [6.45, 7) is 8.36. The maximum absolute atomic E-state index is 14.1. The minimum Gasteiger partial charge on any atom is -0.461 e. The van der Waals surface area contributed by atoms with Crippen LogP contribution < -0.4 is 0 Å². The van der Waals surface area contributed by atoms with E-state index in [9.17, 15) is 47.0 Å². The summed E-state index contributed by atoms with van der Waals surface area (Å²) in [5.74, 6) is -6.91. The van der Waals surface area contributed by atoms with Crippen LogP contribution in [0, 0.1) is 35.5 Å². The molecule has 12 heteroatoms. The Morgan fingerprint density at radius 1 is 0.632 bits per heavy atom. The van der Waals surface area contributed by atoms with Crippen molar-refractivity contribution in [2.45, 2.75) is 219 Å². The highest BCUT2D eigenvalue weighted by Gasteiger charge is 2.44. The Balaban J connectivity index is 0.000000360. The Bertz CT molecular complexity index is 1730. The molecule has 2 saturated carbocycles. The topological polar surface area (TPSA) is 127 Å². The molecule has 0 aromatic heterocycles. The van der Waals surface area contributed by atoms with Crippen LogP contribution in [0.3, 0.4) is 0 Å². The molecule has 1 unspecified atom stereocenters. The van der Waals surface area contributed by atoms with Crippen molar-refractivity contribution in [3.8, 4) is 0 Å². The molecular weight excluding hydrogens is 877 g/mol. The summed E-state index contributed by atoms with van der Waals surface area (Å²) < 4.78 is 66.9. The summed E-state index contributed by atoms with van der Waals surface area (Å²) in [5, 5.41) is 20.6. The van der Waals surface area contributed by atoms with Crippen LogP contribution in [0.4, 0.5) is 17.6 Å². The Hall–Kier alpha value is -3.64. The molecule has 2 aliphatic rings. The van der Waals surface area contributed by atoms with Crippen LogP contribution >= 0.6 is 0 Å². The summed E-state index contributed by atoms with van der Waals surface area (Å²) >= 11 is 0. The molecule has 0 saturated heterocycles. The lowest BCUT2D eigenvalue weighted by molar-refractivity contribution is -0.146. The zero-order chi connectivity index (χ0) is 50.0. The molecule has 2 aromatic rings. The fourth-order valence-corrected chi connectivity index (χ4v) is 10.2. The highest BCUT2D eigenvalue weighted by Crippen LogP contribution is 2.44. The van der Waals surface area contributed by atoms with Gasteiger partial charge in [-0.15, -0.1) is 0 Å². The van der Waals surface area contributed by atoms with Gasteiger partial charge in [0.2, 0.25) is 5.78 Å². The first kappa shape index (κ1) is 58.7. The monoisotopic (exact) mass is 961 g/mol. The number of aliphatic hydroxyl groups excluding tert-OH is 2. The minimum atomic E-state index is -3.25. The summed E-state index contributed by atoms with van der Waals surface area (Å²) in [6, 6.07) is 19.2. The van der Waals surface area contributed by atoms with Crippen LogP contribution in [0.1, 0.15) is 193 Å². The number of benzene rings is 2. The average molecular weight is 961 g/mol. The second-order valence-corrected chi connectivity index (χ2v) is 20.0. The molecule has 68 heavy (non-hydrogen) atoms. The lowest BCUT2D eigenvalue weighted by Gasteiger charge is -2.28. The number of esters is 2. The smallest absolute Gasteiger partial charge is 0.306 e. The van der Waals surface area contributed by atoms with Crippen LogP contribution in [0.15, 0.2) is 60.7 Å². The van der Waals surface area contributed by atoms with Crippen molar-refractivity contribution in [1.82, 2.24) is 0 Å². The van der Waals surface area contributed by atoms with E-state index in [0.717, 1.165) is 75.3 Å². The van der Waals surface area contributed by atoms with E-state index in [2.05, 4.69) is 6.92 Å². The predicted octanol–water partition coefficient (Wildman–Crippen LogP) is 13.8. The van der Waals surface area contributed by atoms with Gasteiger partial charge in [-0.2, -0.15) is 8.78 Å². The van der Waals surface area contributed by atoms with E-state index in [-0.39, 0.29) is 85.5 Å². The number of ether oxygens (including phenoxy) is 2. The van der Waals surface area contributed by atoms with Gasteiger partial charge in [0.1, 0.15) is 25.1 Å². The third kappa shape index (κ3) is 21.6. The quantitative estimate of drug-likeness (QED) is 0.0422. The van der Waals surface area contributed by atoms with Gasteiger partial charge >= 0.3 is 17.9 Å². The SMILES string of the molecule is CCCCC(F)(F)C(=O)CC[C@H]1[C@H](C)CC(=O)[C@@H]1CCCCCCC(=O)OCc1ccccc1.CCCCC(F)(F)C(O)CC[C@@H]1[C@@H](CCCCCCC(=O)OCc2ccccc2)[C@@H](O)C[C@H]1C. The summed E-state index contributed by atoms with van der Waals surface area (Å²) in [6.07, 6.45) is 10.8. The van der Waals surface area contributed by atoms with Gasteiger partial charge in [-0.1, -0.05) is 140 Å². The summed E-state index contributed by atoms with van der Waals surface area (Å²) in [5.41, 5.74) is 1.94. The Kier molecular flexibility index (Phi) is 27.2. The van der Waals surface area contributed by atoms with Gasteiger partial charge < -0.3 is 19.7 Å². The maximum atomic E-state index is 14.1. The second-order valence-electron chi connectivity index (χ2n) is 20.0. The van der Waals surface area contributed by atoms with Gasteiger partial charge in [0.25, 0.3) is 5.92 Å². The van der Waals surface area contributed by atoms with Gasteiger partial charge in [0.15, 0.2) is 0 Å². The van der Waals surface area contributed by atoms with Crippen LogP contribution in [0.25, 0.3) is 0 Å². The largest absolute Gasteiger partial charge is 0.461 e. The first-order valence-electron chi connectivity index (χ1n) is 26.1. The van der Waals surface area contributed by atoms with Gasteiger partial charge in [-0.3, -0.25) is 19.2 Å². The standard InChI is InChI=1S/C28H44F2O4.C28H40F2O4/c2*1-3-4-18-28(29,30)26(32)17-16-23-21(2)19-25(31)24(23)14-10-5-6-11-15-27(33)34-20-22-12-8-7-9-13-22/h7-9,12-13,21,23-26,31-32H,3-6,10-11,14-20H2,1-2H3;7-9,12-13,21,23-24H,3-6,10-11,14-20H2,1-2H3/t21-,23+,24-,25+,26?;21-,23+,24-/m11/s1.